The summed E-state index contributed by atoms with van der Waals surface area (Å²) in [5.74, 6) is -1.00. The van der Waals surface area contributed by atoms with Gasteiger partial charge in [-0.15, -0.1) is 0 Å². The Balaban J connectivity index is 2.04. The molecule has 0 N–H and O–H groups in total. The third-order valence-electron chi connectivity index (χ3n) is 4.74. The highest BCUT2D eigenvalue weighted by atomic mass is 19.1. The second kappa shape index (κ2) is 8.16. The number of amides is 2. The number of para-hydroxylation sites is 1. The van der Waals surface area contributed by atoms with Crippen molar-refractivity contribution in [2.75, 3.05) is 18.5 Å². The van der Waals surface area contributed by atoms with Gasteiger partial charge in [0.25, 0.3) is 11.8 Å². The number of rotatable bonds is 7. The van der Waals surface area contributed by atoms with Crippen LogP contribution in [0, 0.1) is 5.82 Å². The minimum atomic E-state index is -0.381. The van der Waals surface area contributed by atoms with E-state index in [9.17, 15) is 14.0 Å². The van der Waals surface area contributed by atoms with Crippen LogP contribution in [0.3, 0.4) is 0 Å². The molecule has 1 heterocycles. The van der Waals surface area contributed by atoms with Gasteiger partial charge in [0.1, 0.15) is 11.5 Å². The minimum Gasteiger partial charge on any atom is -0.339 e. The average molecular weight is 366 g/mol. The van der Waals surface area contributed by atoms with Gasteiger partial charge in [-0.25, -0.2) is 4.39 Å². The van der Waals surface area contributed by atoms with E-state index in [1.165, 1.54) is 17.0 Å². The first-order valence-electron chi connectivity index (χ1n) is 9.19. The summed E-state index contributed by atoms with van der Waals surface area (Å²) in [4.78, 5) is 29.2. The molecular formula is C22H23FN2O2. The summed E-state index contributed by atoms with van der Waals surface area (Å²) < 4.78 is 13.4. The van der Waals surface area contributed by atoms with E-state index >= 15 is 0 Å². The average Bonchev–Trinajstić information content (AvgIpc) is 2.93. The fraction of sp³-hybridized carbons (Fsp3) is 0.273. The van der Waals surface area contributed by atoms with Crippen molar-refractivity contribution < 1.29 is 14.0 Å². The number of likely N-dealkylation sites (N-methyl/N-ethyl adjacent to an activating group) is 1. The van der Waals surface area contributed by atoms with Crippen molar-refractivity contribution in [3.05, 3.63) is 71.7 Å². The van der Waals surface area contributed by atoms with Crippen molar-refractivity contribution in [3.8, 4) is 0 Å². The number of anilines is 1. The maximum absolute atomic E-state index is 13.4. The molecule has 0 bridgehead atoms. The Kier molecular flexibility index (Phi) is 5.69. The van der Waals surface area contributed by atoms with E-state index in [1.54, 1.807) is 24.1 Å². The zero-order valence-electron chi connectivity index (χ0n) is 15.6. The van der Waals surface area contributed by atoms with Gasteiger partial charge in [0, 0.05) is 19.3 Å². The van der Waals surface area contributed by atoms with Gasteiger partial charge >= 0.3 is 0 Å². The van der Waals surface area contributed by atoms with Gasteiger partial charge in [-0.05, 0) is 36.2 Å². The maximum atomic E-state index is 13.4. The molecule has 0 saturated carbocycles. The van der Waals surface area contributed by atoms with E-state index in [-0.39, 0.29) is 17.6 Å². The van der Waals surface area contributed by atoms with E-state index in [2.05, 4.69) is 6.92 Å². The molecule has 0 aliphatic carbocycles. The largest absolute Gasteiger partial charge is 0.339 e. The fourth-order valence-corrected chi connectivity index (χ4v) is 3.25. The number of carbonyl (C=O) groups excluding carboxylic acids is 2. The van der Waals surface area contributed by atoms with E-state index < -0.39 is 0 Å². The molecule has 1 aliphatic rings. The highest BCUT2D eigenvalue weighted by Crippen LogP contribution is 2.33. The molecule has 140 valence electrons. The Bertz CT molecular complexity index is 860. The first-order chi connectivity index (χ1) is 13.0. The molecule has 3 rings (SSSR count). The lowest BCUT2D eigenvalue weighted by Crippen LogP contribution is -2.35. The number of halogens is 1. The highest BCUT2D eigenvalue weighted by molar-refractivity contribution is 6.36. The molecule has 2 amide bonds. The maximum Gasteiger partial charge on any atom is 0.278 e. The lowest BCUT2D eigenvalue weighted by atomic mass is 10.0. The van der Waals surface area contributed by atoms with Crippen molar-refractivity contribution >= 4 is 23.1 Å². The van der Waals surface area contributed by atoms with Gasteiger partial charge in [-0.2, -0.15) is 0 Å². The lowest BCUT2D eigenvalue weighted by Gasteiger charge is -2.21. The van der Waals surface area contributed by atoms with Crippen LogP contribution in [-0.4, -0.2) is 30.3 Å². The molecule has 0 radical (unpaired) electrons. The van der Waals surface area contributed by atoms with Gasteiger partial charge in [-0.1, -0.05) is 50.1 Å². The Morgan fingerprint density at radius 1 is 0.926 bits per heavy atom. The molecule has 0 spiro atoms. The number of hydrogen-bond donors (Lipinski definition) is 0. The van der Waals surface area contributed by atoms with E-state index in [4.69, 9.17) is 0 Å². The van der Waals surface area contributed by atoms with Crippen LogP contribution >= 0.6 is 0 Å². The van der Waals surface area contributed by atoms with Crippen LogP contribution in [-0.2, 0) is 9.59 Å². The van der Waals surface area contributed by atoms with E-state index in [0.29, 0.717) is 23.4 Å². The van der Waals surface area contributed by atoms with Gasteiger partial charge in [-0.3, -0.25) is 14.5 Å². The number of carbonyl (C=O) groups is 2. The van der Waals surface area contributed by atoms with Crippen molar-refractivity contribution in [1.82, 2.24) is 4.90 Å². The Morgan fingerprint density at radius 2 is 1.59 bits per heavy atom. The summed E-state index contributed by atoms with van der Waals surface area (Å²) in [5, 5.41) is 0. The van der Waals surface area contributed by atoms with Crippen LogP contribution in [0.4, 0.5) is 10.1 Å². The van der Waals surface area contributed by atoms with Crippen molar-refractivity contribution in [2.24, 2.45) is 0 Å². The summed E-state index contributed by atoms with van der Waals surface area (Å²) >= 11 is 0. The summed E-state index contributed by atoms with van der Waals surface area (Å²) in [6.45, 7) is 2.47. The van der Waals surface area contributed by atoms with Crippen LogP contribution in [0.15, 0.2) is 60.3 Å². The van der Waals surface area contributed by atoms with Crippen LogP contribution in [0.5, 0.6) is 0 Å². The number of nitrogens with zero attached hydrogens (tertiary/aromatic N) is 2. The van der Waals surface area contributed by atoms with Crippen molar-refractivity contribution in [2.45, 2.75) is 26.2 Å². The van der Waals surface area contributed by atoms with E-state index in [0.717, 1.165) is 24.9 Å². The second-order valence-corrected chi connectivity index (χ2v) is 6.59. The number of imide groups is 1. The van der Waals surface area contributed by atoms with Crippen LogP contribution in [0.25, 0.3) is 5.57 Å². The summed E-state index contributed by atoms with van der Waals surface area (Å²) in [6, 6.07) is 15.1. The first kappa shape index (κ1) is 18.8. The Hall–Kier alpha value is -2.95. The number of benzene rings is 2. The van der Waals surface area contributed by atoms with Crippen molar-refractivity contribution in [1.29, 1.82) is 0 Å². The van der Waals surface area contributed by atoms with Gasteiger partial charge in [0.2, 0.25) is 0 Å². The predicted octanol–water partition coefficient (Wildman–Crippen LogP) is 4.23. The number of unbranched alkanes of at least 4 members (excludes halogenated alkanes) is 2. The van der Waals surface area contributed by atoms with Gasteiger partial charge in [0.15, 0.2) is 0 Å². The molecule has 27 heavy (non-hydrogen) atoms. The quantitative estimate of drug-likeness (QED) is 0.544. The molecule has 1 aliphatic heterocycles. The van der Waals surface area contributed by atoms with Crippen LogP contribution < -0.4 is 4.90 Å². The topological polar surface area (TPSA) is 40.6 Å². The lowest BCUT2D eigenvalue weighted by molar-refractivity contribution is -0.136. The third-order valence-corrected chi connectivity index (χ3v) is 4.74. The summed E-state index contributed by atoms with van der Waals surface area (Å²) in [5.41, 5.74) is 2.01. The fourth-order valence-electron chi connectivity index (χ4n) is 3.25. The number of hydrogen-bond acceptors (Lipinski definition) is 3. The van der Waals surface area contributed by atoms with E-state index in [1.807, 2.05) is 30.3 Å². The predicted molar refractivity (Wildman–Crippen MR) is 104 cm³/mol. The third kappa shape index (κ3) is 3.77. The summed E-state index contributed by atoms with van der Waals surface area (Å²) in [6.07, 6.45) is 2.73. The monoisotopic (exact) mass is 366 g/mol. The highest BCUT2D eigenvalue weighted by Gasteiger charge is 2.40. The molecule has 5 heteroatoms. The normalized spacial score (nSPS) is 14.3. The zero-order chi connectivity index (χ0) is 19.4. The molecule has 0 unspecified atom stereocenters. The molecule has 0 aromatic heterocycles. The molecule has 2 aromatic carbocycles. The summed E-state index contributed by atoms with van der Waals surface area (Å²) in [7, 11) is 1.77. The second-order valence-electron chi connectivity index (χ2n) is 6.59. The standard InChI is InChI=1S/C22H23FN2O2/c1-3-4-8-15-25-21(26)19(16-11-13-17(23)14-12-16)20(22(25)27)24(2)18-9-6-5-7-10-18/h5-7,9-14H,3-4,8,15H2,1-2H3. The molecule has 4 nitrogen and oxygen atoms in total. The SMILES string of the molecule is CCCCCN1C(=O)C(c2ccc(F)cc2)=C(N(C)c2ccccc2)C1=O. The molecule has 0 atom stereocenters. The molecular weight excluding hydrogens is 343 g/mol. The smallest absolute Gasteiger partial charge is 0.278 e. The van der Waals surface area contributed by atoms with Crippen LogP contribution in [0.2, 0.25) is 0 Å². The van der Waals surface area contributed by atoms with Crippen LogP contribution in [0.1, 0.15) is 31.7 Å². The molecule has 0 fully saturated rings. The molecule has 2 aromatic rings. The molecule has 0 saturated heterocycles. The van der Waals surface area contributed by atoms with Gasteiger partial charge < -0.3 is 4.90 Å². The first-order valence-corrected chi connectivity index (χ1v) is 9.19. The van der Waals surface area contributed by atoms with Crippen molar-refractivity contribution in [3.63, 3.8) is 0 Å². The Morgan fingerprint density at radius 3 is 2.22 bits per heavy atom. The van der Waals surface area contributed by atoms with Gasteiger partial charge in [0.05, 0.1) is 5.57 Å². The zero-order valence-corrected chi connectivity index (χ0v) is 15.6. The Labute approximate surface area is 158 Å². The minimum absolute atomic E-state index is 0.304.